The van der Waals surface area contributed by atoms with Crippen molar-refractivity contribution in [1.29, 1.82) is 0 Å². The summed E-state index contributed by atoms with van der Waals surface area (Å²) in [6, 6.07) is 0. The molecular formula is C16H34N2S. The van der Waals surface area contributed by atoms with Crippen LogP contribution in [0.1, 0.15) is 78.1 Å². The topological polar surface area (TPSA) is 15.6 Å². The summed E-state index contributed by atoms with van der Waals surface area (Å²) in [5, 5.41) is 0. The van der Waals surface area contributed by atoms with Crippen molar-refractivity contribution in [3.8, 4) is 0 Å². The molecule has 0 saturated heterocycles. The highest BCUT2D eigenvalue weighted by molar-refractivity contribution is 7.97. The molecule has 0 heterocycles. The lowest BCUT2D eigenvalue weighted by atomic mass is 10.1. The van der Waals surface area contributed by atoms with E-state index in [-0.39, 0.29) is 0 Å². The zero-order valence-electron chi connectivity index (χ0n) is 13.6. The summed E-state index contributed by atoms with van der Waals surface area (Å²) in [6.45, 7) is 4.49. The van der Waals surface area contributed by atoms with Gasteiger partial charge in [-0.25, -0.2) is 0 Å². The molecule has 0 bridgehead atoms. The first-order valence-electron chi connectivity index (χ1n) is 8.08. The number of hydrogen-bond acceptors (Lipinski definition) is 2. The Balaban J connectivity index is 3.38. The first-order chi connectivity index (χ1) is 9.26. The maximum absolute atomic E-state index is 4.36. The van der Waals surface area contributed by atoms with Gasteiger partial charge in [0.25, 0.3) is 0 Å². The standard InChI is InChI=1S/C16H34N2S/c1-5-7-8-9-10-11-12-13-15-19-18(4)16(17-3)14-6-2/h5-15H2,1-4H3. The smallest absolute Gasteiger partial charge is 0.108 e. The summed E-state index contributed by atoms with van der Waals surface area (Å²) in [5.41, 5.74) is 0. The van der Waals surface area contributed by atoms with Gasteiger partial charge in [0, 0.05) is 26.3 Å². The molecule has 0 N–H and O–H groups in total. The van der Waals surface area contributed by atoms with Crippen molar-refractivity contribution < 1.29 is 0 Å². The van der Waals surface area contributed by atoms with Crippen LogP contribution in [0, 0.1) is 0 Å². The van der Waals surface area contributed by atoms with Gasteiger partial charge in [0.15, 0.2) is 0 Å². The number of rotatable bonds is 12. The Morgan fingerprint density at radius 3 is 2.00 bits per heavy atom. The van der Waals surface area contributed by atoms with E-state index in [9.17, 15) is 0 Å². The third-order valence-corrected chi connectivity index (χ3v) is 4.45. The summed E-state index contributed by atoms with van der Waals surface area (Å²) in [4.78, 5) is 4.36. The van der Waals surface area contributed by atoms with E-state index in [1.54, 1.807) is 0 Å². The molecule has 3 heteroatoms. The van der Waals surface area contributed by atoms with Crippen LogP contribution in [0.3, 0.4) is 0 Å². The molecule has 0 aliphatic heterocycles. The number of amidine groups is 1. The van der Waals surface area contributed by atoms with Crippen molar-refractivity contribution in [2.75, 3.05) is 19.8 Å². The summed E-state index contributed by atoms with van der Waals surface area (Å²) in [7, 11) is 4.05. The monoisotopic (exact) mass is 286 g/mol. The maximum atomic E-state index is 4.36. The van der Waals surface area contributed by atoms with Gasteiger partial charge in [-0.05, 0) is 24.8 Å². The van der Waals surface area contributed by atoms with E-state index in [1.165, 1.54) is 69.4 Å². The van der Waals surface area contributed by atoms with Crippen molar-refractivity contribution >= 4 is 17.8 Å². The zero-order chi connectivity index (χ0) is 14.3. The summed E-state index contributed by atoms with van der Waals surface area (Å²) in [5.74, 6) is 2.46. The van der Waals surface area contributed by atoms with E-state index in [2.05, 4.69) is 30.2 Å². The number of aliphatic imine (C=N–C) groups is 1. The molecule has 0 aromatic carbocycles. The number of hydrogen-bond donors (Lipinski definition) is 0. The highest BCUT2D eigenvalue weighted by Gasteiger charge is 2.04. The van der Waals surface area contributed by atoms with Crippen LogP contribution in [-0.2, 0) is 0 Å². The zero-order valence-corrected chi connectivity index (χ0v) is 14.4. The van der Waals surface area contributed by atoms with Crippen molar-refractivity contribution in [2.45, 2.75) is 78.1 Å². The Morgan fingerprint density at radius 1 is 0.895 bits per heavy atom. The Labute approximate surface area is 125 Å². The van der Waals surface area contributed by atoms with E-state index >= 15 is 0 Å². The first kappa shape index (κ1) is 18.8. The summed E-state index contributed by atoms with van der Waals surface area (Å²) in [6.07, 6.45) is 13.5. The molecule has 0 aromatic rings. The molecule has 0 rings (SSSR count). The van der Waals surface area contributed by atoms with Gasteiger partial charge in [-0.2, -0.15) is 0 Å². The molecule has 0 saturated carbocycles. The first-order valence-corrected chi connectivity index (χ1v) is 9.02. The van der Waals surface area contributed by atoms with Gasteiger partial charge in [-0.1, -0.05) is 58.8 Å². The molecule has 0 fully saturated rings. The summed E-state index contributed by atoms with van der Waals surface area (Å²) >= 11 is 1.92. The maximum Gasteiger partial charge on any atom is 0.108 e. The average molecular weight is 287 g/mol. The molecule has 19 heavy (non-hydrogen) atoms. The molecule has 0 amide bonds. The van der Waals surface area contributed by atoms with Crippen LogP contribution >= 0.6 is 11.9 Å². The molecular weight excluding hydrogens is 252 g/mol. The predicted molar refractivity (Wildman–Crippen MR) is 91.1 cm³/mol. The lowest BCUT2D eigenvalue weighted by molar-refractivity contribution is 0.586. The van der Waals surface area contributed by atoms with Crippen molar-refractivity contribution in [1.82, 2.24) is 4.31 Å². The largest absolute Gasteiger partial charge is 0.308 e. The van der Waals surface area contributed by atoms with Gasteiger partial charge in [0.05, 0.1) is 0 Å². The van der Waals surface area contributed by atoms with Gasteiger partial charge >= 0.3 is 0 Å². The van der Waals surface area contributed by atoms with Crippen LogP contribution in [0.4, 0.5) is 0 Å². The SMILES string of the molecule is CCCCCCCCCCSN(C)C(CCC)=NC. The lowest BCUT2D eigenvalue weighted by Gasteiger charge is -2.19. The molecule has 0 aromatic heterocycles. The van der Waals surface area contributed by atoms with Crippen molar-refractivity contribution in [2.24, 2.45) is 4.99 Å². The predicted octanol–water partition coefficient (Wildman–Crippen LogP) is 5.54. The molecule has 0 aliphatic rings. The third kappa shape index (κ3) is 11.4. The highest BCUT2D eigenvalue weighted by Crippen LogP contribution is 2.15. The average Bonchev–Trinajstić information content (AvgIpc) is 2.42. The van der Waals surface area contributed by atoms with Crippen LogP contribution < -0.4 is 0 Å². The fourth-order valence-electron chi connectivity index (χ4n) is 2.15. The molecule has 0 atom stereocenters. The number of nitrogens with zero attached hydrogens (tertiary/aromatic N) is 2. The van der Waals surface area contributed by atoms with Gasteiger partial charge in [0.1, 0.15) is 5.84 Å². The Morgan fingerprint density at radius 2 is 1.47 bits per heavy atom. The minimum Gasteiger partial charge on any atom is -0.308 e. The fourth-order valence-corrected chi connectivity index (χ4v) is 3.07. The molecule has 2 nitrogen and oxygen atoms in total. The van der Waals surface area contributed by atoms with Gasteiger partial charge in [0.2, 0.25) is 0 Å². The Kier molecular flexibility index (Phi) is 14.1. The van der Waals surface area contributed by atoms with Crippen LogP contribution in [-0.4, -0.2) is 30.0 Å². The Hall–Kier alpha value is -0.180. The summed E-state index contributed by atoms with van der Waals surface area (Å²) < 4.78 is 2.25. The molecule has 0 radical (unpaired) electrons. The van der Waals surface area contributed by atoms with Gasteiger partial charge < -0.3 is 4.31 Å². The van der Waals surface area contributed by atoms with Crippen LogP contribution in [0.25, 0.3) is 0 Å². The second-order valence-electron chi connectivity index (χ2n) is 5.20. The second kappa shape index (κ2) is 14.2. The molecule has 0 unspecified atom stereocenters. The van der Waals surface area contributed by atoms with E-state index < -0.39 is 0 Å². The van der Waals surface area contributed by atoms with Crippen molar-refractivity contribution in [3.63, 3.8) is 0 Å². The molecule has 0 spiro atoms. The third-order valence-electron chi connectivity index (χ3n) is 3.38. The van der Waals surface area contributed by atoms with Gasteiger partial charge in [-0.3, -0.25) is 4.99 Å². The van der Waals surface area contributed by atoms with E-state index in [4.69, 9.17) is 0 Å². The minimum atomic E-state index is 1.09. The minimum absolute atomic E-state index is 1.09. The van der Waals surface area contributed by atoms with Crippen LogP contribution in [0.15, 0.2) is 4.99 Å². The van der Waals surface area contributed by atoms with E-state index in [0.717, 1.165) is 6.42 Å². The lowest BCUT2D eigenvalue weighted by Crippen LogP contribution is -2.19. The van der Waals surface area contributed by atoms with E-state index in [0.29, 0.717) is 0 Å². The molecule has 114 valence electrons. The van der Waals surface area contributed by atoms with Crippen molar-refractivity contribution in [3.05, 3.63) is 0 Å². The fraction of sp³-hybridized carbons (Fsp3) is 0.938. The van der Waals surface area contributed by atoms with Crippen LogP contribution in [0.5, 0.6) is 0 Å². The van der Waals surface area contributed by atoms with E-state index in [1.807, 2.05) is 19.0 Å². The van der Waals surface area contributed by atoms with Gasteiger partial charge in [-0.15, -0.1) is 0 Å². The normalized spacial score (nSPS) is 11.9. The molecule has 0 aliphatic carbocycles. The quantitative estimate of drug-likeness (QED) is 0.203. The Bertz CT molecular complexity index is 217. The van der Waals surface area contributed by atoms with Crippen LogP contribution in [0.2, 0.25) is 0 Å². The number of unbranched alkanes of at least 4 members (excludes halogenated alkanes) is 7. The second-order valence-corrected chi connectivity index (χ2v) is 6.41. The highest BCUT2D eigenvalue weighted by atomic mass is 32.2.